The first-order valence-corrected chi connectivity index (χ1v) is 7.52. The summed E-state index contributed by atoms with van der Waals surface area (Å²) in [5, 5.41) is 10.6. The van der Waals surface area contributed by atoms with Gasteiger partial charge in [-0.15, -0.1) is 0 Å². The van der Waals surface area contributed by atoms with E-state index in [9.17, 15) is 0 Å². The fourth-order valence-electron chi connectivity index (χ4n) is 2.69. The van der Waals surface area contributed by atoms with Gasteiger partial charge in [0.25, 0.3) is 0 Å². The second kappa shape index (κ2) is 5.22. The molecule has 3 nitrogen and oxygen atoms in total. The minimum atomic E-state index is 0.802. The first kappa shape index (κ1) is 11.9. The normalized spacial score (nSPS) is 19.6. The topological polar surface area (TPSA) is 29.0 Å². The van der Waals surface area contributed by atoms with Gasteiger partial charge in [0.15, 0.2) is 0 Å². The minimum absolute atomic E-state index is 0.802. The smallest absolute Gasteiger partial charge is 0.0950 e. The number of hydrogen-bond acceptors (Lipinski definition) is 3. The summed E-state index contributed by atoms with van der Waals surface area (Å²) in [7, 11) is 0. The average Bonchev–Trinajstić information content (AvgIpc) is 2.87. The van der Waals surface area contributed by atoms with Crippen molar-refractivity contribution in [1.29, 1.82) is 0 Å². The van der Waals surface area contributed by atoms with Crippen molar-refractivity contribution in [3.8, 4) is 0 Å². The van der Waals surface area contributed by atoms with Crippen LogP contribution in [0.3, 0.4) is 0 Å². The average molecular weight is 306 g/mol. The van der Waals surface area contributed by atoms with Gasteiger partial charge in [-0.3, -0.25) is 0 Å². The minimum Gasteiger partial charge on any atom is -0.369 e. The third-order valence-electron chi connectivity index (χ3n) is 3.67. The number of benzene rings is 1. The Morgan fingerprint density at radius 2 is 2.22 bits per heavy atom. The number of nitrogens with zero attached hydrogens (tertiary/aromatic N) is 3. The van der Waals surface area contributed by atoms with E-state index >= 15 is 0 Å². The summed E-state index contributed by atoms with van der Waals surface area (Å²) < 4.78 is 0. The van der Waals surface area contributed by atoms with Gasteiger partial charge in [0, 0.05) is 23.8 Å². The Morgan fingerprint density at radius 1 is 1.33 bits per heavy atom. The van der Waals surface area contributed by atoms with Crippen LogP contribution < -0.4 is 4.90 Å². The van der Waals surface area contributed by atoms with E-state index in [1.165, 1.54) is 23.9 Å². The molecule has 0 radical (unpaired) electrons. The largest absolute Gasteiger partial charge is 0.369 e. The van der Waals surface area contributed by atoms with Crippen LogP contribution in [-0.2, 0) is 0 Å². The lowest BCUT2D eigenvalue weighted by atomic mass is 10.1. The van der Waals surface area contributed by atoms with Crippen LogP contribution in [0.5, 0.6) is 0 Å². The van der Waals surface area contributed by atoms with E-state index in [-0.39, 0.29) is 0 Å². The molecule has 3 rings (SSSR count). The van der Waals surface area contributed by atoms with Crippen LogP contribution in [0.15, 0.2) is 30.5 Å². The molecule has 94 valence electrons. The molecular weight excluding hydrogens is 290 g/mol. The molecule has 0 aliphatic carbocycles. The maximum atomic E-state index is 4.18. The van der Waals surface area contributed by atoms with Crippen LogP contribution >= 0.6 is 15.9 Å². The number of fused-ring (bicyclic) bond motifs is 1. The predicted molar refractivity (Wildman–Crippen MR) is 78.3 cm³/mol. The van der Waals surface area contributed by atoms with Crippen molar-refractivity contribution in [3.63, 3.8) is 0 Å². The van der Waals surface area contributed by atoms with Crippen molar-refractivity contribution in [1.82, 2.24) is 10.2 Å². The Labute approximate surface area is 115 Å². The van der Waals surface area contributed by atoms with Crippen molar-refractivity contribution < 1.29 is 0 Å². The lowest BCUT2D eigenvalue weighted by molar-refractivity contribution is 0.576. The number of anilines is 1. The summed E-state index contributed by atoms with van der Waals surface area (Å²) in [6.45, 7) is 2.27. The molecule has 0 N–H and O–H groups in total. The number of hydrogen-bond donors (Lipinski definition) is 0. The molecule has 2 aromatic rings. The van der Waals surface area contributed by atoms with Crippen LogP contribution in [-0.4, -0.2) is 28.6 Å². The summed E-state index contributed by atoms with van der Waals surface area (Å²) in [6.07, 6.45) is 4.44. The lowest BCUT2D eigenvalue weighted by Crippen LogP contribution is -2.20. The van der Waals surface area contributed by atoms with Crippen LogP contribution in [0.25, 0.3) is 10.9 Å². The highest BCUT2D eigenvalue weighted by Crippen LogP contribution is 2.30. The number of alkyl halides is 1. The molecule has 0 saturated carbocycles. The zero-order chi connectivity index (χ0) is 12.4. The molecule has 4 heteroatoms. The van der Waals surface area contributed by atoms with E-state index < -0.39 is 0 Å². The van der Waals surface area contributed by atoms with Gasteiger partial charge in [0.2, 0.25) is 0 Å². The summed E-state index contributed by atoms with van der Waals surface area (Å²) in [5.74, 6) is 0.802. The van der Waals surface area contributed by atoms with Gasteiger partial charge in [0.1, 0.15) is 0 Å². The molecule has 1 aromatic carbocycles. The van der Waals surface area contributed by atoms with Crippen LogP contribution in [0.2, 0.25) is 0 Å². The second-order valence-corrected chi connectivity index (χ2v) is 5.62. The Bertz CT molecular complexity index is 538. The molecule has 1 saturated heterocycles. The Hall–Kier alpha value is -1.16. The molecule has 1 atom stereocenters. The molecule has 0 amide bonds. The van der Waals surface area contributed by atoms with E-state index in [2.05, 4.69) is 43.2 Å². The monoisotopic (exact) mass is 305 g/mol. The highest BCUT2D eigenvalue weighted by atomic mass is 79.9. The van der Waals surface area contributed by atoms with Gasteiger partial charge in [-0.25, -0.2) is 0 Å². The van der Waals surface area contributed by atoms with Crippen LogP contribution in [0.1, 0.15) is 12.8 Å². The fourth-order valence-corrected chi connectivity index (χ4v) is 3.33. The lowest BCUT2D eigenvalue weighted by Gasteiger charge is -2.19. The van der Waals surface area contributed by atoms with Crippen molar-refractivity contribution >= 4 is 32.5 Å². The van der Waals surface area contributed by atoms with E-state index in [1.54, 1.807) is 0 Å². The van der Waals surface area contributed by atoms with Crippen molar-refractivity contribution in [3.05, 3.63) is 30.5 Å². The maximum Gasteiger partial charge on any atom is 0.0950 e. The molecule has 18 heavy (non-hydrogen) atoms. The number of halogens is 1. The molecule has 2 heterocycles. The standard InChI is InChI=1S/C14H16BrN3/c15-7-5-11-6-8-18(10-11)14-9-16-17-13-4-2-1-3-12(13)14/h1-4,9,11H,5-8,10H2. The number of aromatic nitrogens is 2. The molecule has 0 spiro atoms. The van der Waals surface area contributed by atoms with Gasteiger partial charge in [0.05, 0.1) is 17.4 Å². The fraction of sp³-hybridized carbons (Fsp3) is 0.429. The van der Waals surface area contributed by atoms with E-state index in [0.717, 1.165) is 29.9 Å². The third kappa shape index (κ3) is 2.21. The van der Waals surface area contributed by atoms with Gasteiger partial charge < -0.3 is 4.90 Å². The number of rotatable bonds is 3. The van der Waals surface area contributed by atoms with E-state index in [1.807, 2.05) is 18.3 Å². The molecule has 0 bridgehead atoms. The van der Waals surface area contributed by atoms with E-state index in [4.69, 9.17) is 0 Å². The van der Waals surface area contributed by atoms with Gasteiger partial charge in [-0.05, 0) is 24.8 Å². The first-order valence-electron chi connectivity index (χ1n) is 6.40. The Morgan fingerprint density at radius 3 is 3.11 bits per heavy atom. The van der Waals surface area contributed by atoms with Crippen molar-refractivity contribution in [2.45, 2.75) is 12.8 Å². The zero-order valence-electron chi connectivity index (χ0n) is 10.2. The predicted octanol–water partition coefficient (Wildman–Crippen LogP) is 3.24. The summed E-state index contributed by atoms with van der Waals surface area (Å²) >= 11 is 3.53. The molecule has 1 aliphatic rings. The summed E-state index contributed by atoms with van der Waals surface area (Å²) in [6, 6.07) is 8.24. The maximum absolute atomic E-state index is 4.18. The summed E-state index contributed by atoms with van der Waals surface area (Å²) in [4.78, 5) is 2.45. The highest BCUT2D eigenvalue weighted by molar-refractivity contribution is 9.09. The molecule has 1 aromatic heterocycles. The highest BCUT2D eigenvalue weighted by Gasteiger charge is 2.23. The molecular formula is C14H16BrN3. The Kier molecular flexibility index (Phi) is 3.46. The molecule has 1 aliphatic heterocycles. The quantitative estimate of drug-likeness (QED) is 0.815. The van der Waals surface area contributed by atoms with Crippen LogP contribution in [0.4, 0.5) is 5.69 Å². The zero-order valence-corrected chi connectivity index (χ0v) is 11.8. The van der Waals surface area contributed by atoms with Gasteiger partial charge >= 0.3 is 0 Å². The Balaban J connectivity index is 1.91. The SMILES string of the molecule is BrCCC1CCN(c2cnnc3ccccc23)C1. The van der Waals surface area contributed by atoms with Crippen molar-refractivity contribution in [2.24, 2.45) is 5.92 Å². The first-order chi connectivity index (χ1) is 8.88. The van der Waals surface area contributed by atoms with Crippen molar-refractivity contribution in [2.75, 3.05) is 23.3 Å². The molecule has 1 unspecified atom stereocenters. The second-order valence-electron chi connectivity index (χ2n) is 4.83. The van der Waals surface area contributed by atoms with Gasteiger partial charge in [-0.2, -0.15) is 10.2 Å². The van der Waals surface area contributed by atoms with E-state index in [0.29, 0.717) is 0 Å². The molecule has 1 fully saturated rings. The third-order valence-corrected chi connectivity index (χ3v) is 4.13. The van der Waals surface area contributed by atoms with Gasteiger partial charge in [-0.1, -0.05) is 34.1 Å². The summed E-state index contributed by atoms with van der Waals surface area (Å²) in [5.41, 5.74) is 2.22. The van der Waals surface area contributed by atoms with Crippen LogP contribution in [0, 0.1) is 5.92 Å².